The van der Waals surface area contributed by atoms with Gasteiger partial charge in [0.2, 0.25) is 0 Å². The smallest absolute Gasteiger partial charge is 0.329 e. The Kier molecular flexibility index (Phi) is 5.84. The highest BCUT2D eigenvalue weighted by Gasteiger charge is 2.43. The van der Waals surface area contributed by atoms with Crippen LogP contribution in [-0.4, -0.2) is 41.1 Å². The molecule has 0 aromatic carbocycles. The van der Waals surface area contributed by atoms with Gasteiger partial charge in [-0.15, -0.1) is 0 Å². The van der Waals surface area contributed by atoms with Crippen molar-refractivity contribution in [2.45, 2.75) is 58.4 Å². The van der Waals surface area contributed by atoms with E-state index in [-0.39, 0.29) is 6.03 Å². The molecular formula is C15H28N2O3. The van der Waals surface area contributed by atoms with Crippen molar-refractivity contribution in [2.24, 2.45) is 11.8 Å². The Balaban J connectivity index is 2.69. The maximum Gasteiger partial charge on any atom is 0.329 e. The van der Waals surface area contributed by atoms with Gasteiger partial charge in [-0.2, -0.15) is 0 Å². The number of carboxylic acids is 1. The molecule has 5 heteroatoms. The van der Waals surface area contributed by atoms with Gasteiger partial charge in [0.1, 0.15) is 5.54 Å². The second kappa shape index (κ2) is 6.95. The van der Waals surface area contributed by atoms with E-state index in [9.17, 15) is 14.7 Å². The van der Waals surface area contributed by atoms with Crippen molar-refractivity contribution in [2.75, 3.05) is 13.6 Å². The van der Waals surface area contributed by atoms with Crippen molar-refractivity contribution in [1.29, 1.82) is 0 Å². The average Bonchev–Trinajstić information content (AvgIpc) is 2.38. The zero-order valence-electron chi connectivity index (χ0n) is 13.1. The fourth-order valence-electron chi connectivity index (χ4n) is 2.90. The van der Waals surface area contributed by atoms with Crippen molar-refractivity contribution < 1.29 is 14.7 Å². The number of nitrogens with zero attached hydrogens (tertiary/aromatic N) is 1. The number of urea groups is 1. The molecule has 0 aromatic rings. The van der Waals surface area contributed by atoms with E-state index in [1.807, 2.05) is 13.8 Å². The van der Waals surface area contributed by atoms with Crippen LogP contribution in [0.15, 0.2) is 0 Å². The first-order chi connectivity index (χ1) is 9.30. The Hall–Kier alpha value is -1.26. The first-order valence-corrected chi connectivity index (χ1v) is 7.57. The lowest BCUT2D eigenvalue weighted by Crippen LogP contribution is -2.59. The van der Waals surface area contributed by atoms with Crippen molar-refractivity contribution in [3.05, 3.63) is 0 Å². The summed E-state index contributed by atoms with van der Waals surface area (Å²) in [6, 6.07) is -0.281. The maximum atomic E-state index is 12.2. The van der Waals surface area contributed by atoms with Gasteiger partial charge in [0.15, 0.2) is 0 Å². The van der Waals surface area contributed by atoms with Crippen LogP contribution >= 0.6 is 0 Å². The van der Waals surface area contributed by atoms with E-state index in [0.717, 1.165) is 19.3 Å². The third-order valence-electron chi connectivity index (χ3n) is 4.28. The van der Waals surface area contributed by atoms with Gasteiger partial charge in [0.05, 0.1) is 0 Å². The summed E-state index contributed by atoms with van der Waals surface area (Å²) in [7, 11) is 1.71. The molecule has 0 aromatic heterocycles. The first-order valence-electron chi connectivity index (χ1n) is 7.57. The molecule has 5 nitrogen and oxygen atoms in total. The number of nitrogens with one attached hydrogen (secondary N) is 1. The van der Waals surface area contributed by atoms with Gasteiger partial charge in [0, 0.05) is 13.6 Å². The molecule has 2 N–H and O–H groups in total. The number of carboxylic acid groups (broad SMARTS) is 1. The van der Waals surface area contributed by atoms with Crippen LogP contribution in [0.1, 0.15) is 52.9 Å². The Bertz CT molecular complexity index is 347. The zero-order valence-corrected chi connectivity index (χ0v) is 13.1. The van der Waals surface area contributed by atoms with Crippen LogP contribution in [0.2, 0.25) is 0 Å². The molecule has 0 atom stereocenters. The molecule has 0 spiro atoms. The van der Waals surface area contributed by atoms with Crippen LogP contribution in [0, 0.1) is 11.8 Å². The summed E-state index contributed by atoms with van der Waals surface area (Å²) < 4.78 is 0. The van der Waals surface area contributed by atoms with Gasteiger partial charge in [-0.3, -0.25) is 0 Å². The summed E-state index contributed by atoms with van der Waals surface area (Å²) in [6.07, 6.45) is 3.88. The molecule has 1 fully saturated rings. The second-order valence-corrected chi connectivity index (χ2v) is 6.44. The SMILES string of the molecule is CCC1CCC(NC(=O)N(C)CC(C)C)(C(=O)O)CC1. The monoisotopic (exact) mass is 284 g/mol. The Morgan fingerprint density at radius 3 is 2.30 bits per heavy atom. The van der Waals surface area contributed by atoms with E-state index < -0.39 is 11.5 Å². The van der Waals surface area contributed by atoms with Crippen LogP contribution < -0.4 is 5.32 Å². The van der Waals surface area contributed by atoms with Gasteiger partial charge < -0.3 is 15.3 Å². The molecule has 116 valence electrons. The van der Waals surface area contributed by atoms with Crippen LogP contribution in [0.25, 0.3) is 0 Å². The van der Waals surface area contributed by atoms with Crippen LogP contribution in [0.5, 0.6) is 0 Å². The normalized spacial score (nSPS) is 26.4. The van der Waals surface area contributed by atoms with E-state index >= 15 is 0 Å². The number of amides is 2. The molecule has 1 aliphatic rings. The molecule has 1 saturated carbocycles. The summed E-state index contributed by atoms with van der Waals surface area (Å²) in [6.45, 7) is 6.82. The molecule has 20 heavy (non-hydrogen) atoms. The van der Waals surface area contributed by atoms with Gasteiger partial charge in [-0.25, -0.2) is 9.59 Å². The maximum absolute atomic E-state index is 12.2. The summed E-state index contributed by atoms with van der Waals surface area (Å²) in [5.41, 5.74) is -1.08. The lowest BCUT2D eigenvalue weighted by Gasteiger charge is -2.38. The van der Waals surface area contributed by atoms with E-state index in [1.165, 1.54) is 0 Å². The fraction of sp³-hybridized carbons (Fsp3) is 0.867. The van der Waals surface area contributed by atoms with Crippen LogP contribution in [0.3, 0.4) is 0 Å². The summed E-state index contributed by atoms with van der Waals surface area (Å²) in [5.74, 6) is 0.0495. The highest BCUT2D eigenvalue weighted by molar-refractivity contribution is 5.86. The Morgan fingerprint density at radius 2 is 1.90 bits per heavy atom. The Labute approximate surface area is 121 Å². The fourth-order valence-corrected chi connectivity index (χ4v) is 2.90. The lowest BCUT2D eigenvalue weighted by atomic mass is 9.75. The molecule has 0 saturated heterocycles. The molecule has 1 aliphatic carbocycles. The third kappa shape index (κ3) is 4.12. The minimum Gasteiger partial charge on any atom is -0.480 e. The molecular weight excluding hydrogens is 256 g/mol. The minimum atomic E-state index is -1.08. The number of hydrogen-bond donors (Lipinski definition) is 2. The van der Waals surface area contributed by atoms with Crippen molar-refractivity contribution >= 4 is 12.0 Å². The number of aliphatic carboxylic acids is 1. The van der Waals surface area contributed by atoms with Crippen molar-refractivity contribution in [3.8, 4) is 0 Å². The number of hydrogen-bond acceptors (Lipinski definition) is 2. The third-order valence-corrected chi connectivity index (χ3v) is 4.28. The molecule has 0 bridgehead atoms. The zero-order chi connectivity index (χ0) is 15.3. The highest BCUT2D eigenvalue weighted by Crippen LogP contribution is 2.34. The van der Waals surface area contributed by atoms with Gasteiger partial charge in [-0.05, 0) is 37.5 Å². The predicted molar refractivity (Wildman–Crippen MR) is 78.6 cm³/mol. The van der Waals surface area contributed by atoms with Crippen LogP contribution in [-0.2, 0) is 4.79 Å². The molecule has 1 rings (SSSR count). The lowest BCUT2D eigenvalue weighted by molar-refractivity contribution is -0.146. The molecule has 0 heterocycles. The summed E-state index contributed by atoms with van der Waals surface area (Å²) in [4.78, 5) is 25.3. The van der Waals surface area contributed by atoms with E-state index in [1.54, 1.807) is 11.9 Å². The number of carbonyl (C=O) groups is 2. The molecule has 0 unspecified atom stereocenters. The minimum absolute atomic E-state index is 0.281. The van der Waals surface area contributed by atoms with Crippen molar-refractivity contribution in [1.82, 2.24) is 10.2 Å². The predicted octanol–water partition coefficient (Wildman–Crippen LogP) is 2.71. The number of rotatable bonds is 5. The number of carbonyl (C=O) groups excluding carboxylic acids is 1. The average molecular weight is 284 g/mol. The molecule has 2 amide bonds. The highest BCUT2D eigenvalue weighted by atomic mass is 16.4. The van der Waals surface area contributed by atoms with Crippen molar-refractivity contribution in [3.63, 3.8) is 0 Å². The topological polar surface area (TPSA) is 69.6 Å². The summed E-state index contributed by atoms with van der Waals surface area (Å²) in [5, 5.41) is 12.3. The van der Waals surface area contributed by atoms with E-state index in [0.29, 0.717) is 31.2 Å². The van der Waals surface area contributed by atoms with E-state index in [2.05, 4.69) is 12.2 Å². The first kappa shape index (κ1) is 16.8. The van der Waals surface area contributed by atoms with Crippen LogP contribution in [0.4, 0.5) is 4.79 Å². The second-order valence-electron chi connectivity index (χ2n) is 6.44. The largest absolute Gasteiger partial charge is 0.480 e. The van der Waals surface area contributed by atoms with Gasteiger partial charge in [0.25, 0.3) is 0 Å². The quantitative estimate of drug-likeness (QED) is 0.815. The standard InChI is InChI=1S/C15H28N2O3/c1-5-12-6-8-15(9-7-12,13(18)19)16-14(20)17(4)10-11(2)3/h11-12H,5-10H2,1-4H3,(H,16,20)(H,18,19). The molecule has 0 radical (unpaired) electrons. The summed E-state index contributed by atoms with van der Waals surface area (Å²) >= 11 is 0. The van der Waals surface area contributed by atoms with E-state index in [4.69, 9.17) is 0 Å². The van der Waals surface area contributed by atoms with Gasteiger partial charge >= 0.3 is 12.0 Å². The van der Waals surface area contributed by atoms with Gasteiger partial charge in [-0.1, -0.05) is 27.2 Å². The molecule has 0 aliphatic heterocycles. The Morgan fingerprint density at radius 1 is 1.35 bits per heavy atom.